The van der Waals surface area contributed by atoms with Gasteiger partial charge in [-0.2, -0.15) is 0 Å². The zero-order chi connectivity index (χ0) is 15.0. The van der Waals surface area contributed by atoms with Crippen LogP contribution in [-0.4, -0.2) is 11.9 Å². The smallest absolute Gasteiger partial charge is 0.261 e. The molecule has 0 saturated carbocycles. The molecule has 0 saturated heterocycles. The van der Waals surface area contributed by atoms with Gasteiger partial charge in [-0.25, -0.2) is 8.78 Å². The first-order valence-corrected chi connectivity index (χ1v) is 6.94. The highest BCUT2D eigenvalue weighted by Gasteiger charge is 2.30. The molecular weight excluding hydrogens is 272 g/mol. The fourth-order valence-corrected chi connectivity index (χ4v) is 2.79. The molecule has 0 bridgehead atoms. The van der Waals surface area contributed by atoms with E-state index in [4.69, 9.17) is 0 Å². The number of hydrogen-bond acceptors (Lipinski definition) is 1. The first kappa shape index (κ1) is 13.7. The van der Waals surface area contributed by atoms with Gasteiger partial charge in [0.25, 0.3) is 5.91 Å². The predicted molar refractivity (Wildman–Crippen MR) is 77.4 cm³/mol. The third kappa shape index (κ3) is 2.42. The predicted octanol–water partition coefficient (Wildman–Crippen LogP) is 3.95. The fraction of sp³-hybridized carbons (Fsp3) is 0.235. The van der Waals surface area contributed by atoms with Crippen LogP contribution in [0.3, 0.4) is 0 Å². The Morgan fingerprint density at radius 3 is 2.71 bits per heavy atom. The third-order valence-electron chi connectivity index (χ3n) is 3.90. The summed E-state index contributed by atoms with van der Waals surface area (Å²) in [5.41, 5.74) is 1.50. The third-order valence-corrected chi connectivity index (χ3v) is 3.90. The molecule has 0 aliphatic carbocycles. The second-order valence-corrected chi connectivity index (χ2v) is 5.32. The number of hydrogen-bond donors (Lipinski definition) is 0. The van der Waals surface area contributed by atoms with E-state index < -0.39 is 5.82 Å². The van der Waals surface area contributed by atoms with E-state index >= 15 is 0 Å². The second kappa shape index (κ2) is 5.28. The summed E-state index contributed by atoms with van der Waals surface area (Å²) in [6, 6.07) is 10.3. The summed E-state index contributed by atoms with van der Waals surface area (Å²) < 4.78 is 27.2. The molecule has 108 valence electrons. The maximum Gasteiger partial charge on any atom is 0.261 e. The Kier molecular flexibility index (Phi) is 3.45. The highest BCUT2D eigenvalue weighted by atomic mass is 19.1. The van der Waals surface area contributed by atoms with Gasteiger partial charge in [-0.1, -0.05) is 12.1 Å². The van der Waals surface area contributed by atoms with Crippen molar-refractivity contribution >= 4 is 11.6 Å². The maximum absolute atomic E-state index is 13.9. The number of nitrogens with zero attached hydrogens (tertiary/aromatic N) is 1. The van der Waals surface area contributed by atoms with Gasteiger partial charge in [-0.05, 0) is 55.7 Å². The number of aryl methyl sites for hydroxylation is 1. The zero-order valence-corrected chi connectivity index (χ0v) is 11.6. The summed E-state index contributed by atoms with van der Waals surface area (Å²) in [5, 5.41) is 0. The van der Waals surface area contributed by atoms with Crippen molar-refractivity contribution in [1.82, 2.24) is 0 Å². The van der Waals surface area contributed by atoms with Crippen LogP contribution in [-0.2, 0) is 6.42 Å². The van der Waals surface area contributed by atoms with Gasteiger partial charge in [-0.3, -0.25) is 4.79 Å². The fourth-order valence-electron chi connectivity index (χ4n) is 2.79. The number of benzene rings is 2. The number of amides is 1. The van der Waals surface area contributed by atoms with Crippen molar-refractivity contribution < 1.29 is 13.6 Å². The van der Waals surface area contributed by atoms with Gasteiger partial charge in [-0.15, -0.1) is 0 Å². The molecule has 1 aliphatic heterocycles. The van der Waals surface area contributed by atoms with Crippen molar-refractivity contribution in [2.75, 3.05) is 4.90 Å². The topological polar surface area (TPSA) is 20.3 Å². The molecule has 1 aliphatic rings. The standard InChI is InChI=1S/C17H15F2NO/c1-11-6-7-12-10-13(18)8-9-16(12)20(11)17(21)14-4-2-3-5-15(14)19/h2-5,8-11H,6-7H2,1H3. The Hall–Kier alpha value is -2.23. The largest absolute Gasteiger partial charge is 0.305 e. The molecule has 0 N–H and O–H groups in total. The van der Waals surface area contributed by atoms with E-state index in [1.54, 1.807) is 23.1 Å². The Labute approximate surface area is 122 Å². The summed E-state index contributed by atoms with van der Waals surface area (Å²) >= 11 is 0. The number of fused-ring (bicyclic) bond motifs is 1. The van der Waals surface area contributed by atoms with E-state index in [1.165, 1.54) is 24.3 Å². The first-order valence-electron chi connectivity index (χ1n) is 6.94. The van der Waals surface area contributed by atoms with Crippen molar-refractivity contribution in [1.29, 1.82) is 0 Å². The molecule has 4 heteroatoms. The van der Waals surface area contributed by atoms with Gasteiger partial charge in [0.2, 0.25) is 0 Å². The maximum atomic E-state index is 13.9. The van der Waals surface area contributed by atoms with E-state index in [9.17, 15) is 13.6 Å². The normalized spacial score (nSPS) is 17.5. The van der Waals surface area contributed by atoms with Crippen molar-refractivity contribution in [3.05, 3.63) is 65.2 Å². The van der Waals surface area contributed by atoms with Crippen LogP contribution in [0.15, 0.2) is 42.5 Å². The average Bonchev–Trinajstić information content (AvgIpc) is 2.47. The lowest BCUT2D eigenvalue weighted by atomic mass is 9.95. The summed E-state index contributed by atoms with van der Waals surface area (Å²) in [6.07, 6.45) is 1.45. The van der Waals surface area contributed by atoms with Gasteiger partial charge in [0.05, 0.1) is 5.56 Å². The molecule has 1 heterocycles. The van der Waals surface area contributed by atoms with Crippen LogP contribution in [0.4, 0.5) is 14.5 Å². The number of rotatable bonds is 1. The van der Waals surface area contributed by atoms with E-state index in [-0.39, 0.29) is 23.3 Å². The Morgan fingerprint density at radius 2 is 1.95 bits per heavy atom. The number of carbonyl (C=O) groups is 1. The molecule has 1 atom stereocenters. The van der Waals surface area contributed by atoms with Crippen LogP contribution in [0.1, 0.15) is 29.3 Å². The SMILES string of the molecule is CC1CCc2cc(F)ccc2N1C(=O)c1ccccc1F. The Bertz CT molecular complexity index is 699. The van der Waals surface area contributed by atoms with Crippen LogP contribution < -0.4 is 4.90 Å². The quantitative estimate of drug-likeness (QED) is 0.777. The molecule has 3 rings (SSSR count). The average molecular weight is 287 g/mol. The minimum absolute atomic E-state index is 0.0431. The molecule has 2 aromatic carbocycles. The highest BCUT2D eigenvalue weighted by molar-refractivity contribution is 6.07. The van der Waals surface area contributed by atoms with E-state index in [0.717, 1.165) is 18.4 Å². The molecule has 2 aromatic rings. The molecule has 0 radical (unpaired) electrons. The summed E-state index contributed by atoms with van der Waals surface area (Å²) in [4.78, 5) is 14.2. The van der Waals surface area contributed by atoms with Crippen LogP contribution in [0.2, 0.25) is 0 Å². The Morgan fingerprint density at radius 1 is 1.19 bits per heavy atom. The van der Waals surface area contributed by atoms with Gasteiger partial charge in [0, 0.05) is 11.7 Å². The van der Waals surface area contributed by atoms with Gasteiger partial charge in [0.1, 0.15) is 11.6 Å². The van der Waals surface area contributed by atoms with Crippen molar-refractivity contribution in [3.8, 4) is 0 Å². The summed E-state index contributed by atoms with van der Waals surface area (Å²) in [6.45, 7) is 1.92. The van der Waals surface area contributed by atoms with E-state index in [2.05, 4.69) is 0 Å². The molecule has 1 unspecified atom stereocenters. The van der Waals surface area contributed by atoms with Gasteiger partial charge >= 0.3 is 0 Å². The molecular formula is C17H15F2NO. The highest BCUT2D eigenvalue weighted by Crippen LogP contribution is 2.32. The number of halogens is 2. The van der Waals surface area contributed by atoms with Crippen LogP contribution in [0.25, 0.3) is 0 Å². The second-order valence-electron chi connectivity index (χ2n) is 5.32. The number of carbonyl (C=O) groups excluding carboxylic acids is 1. The molecule has 1 amide bonds. The summed E-state index contributed by atoms with van der Waals surface area (Å²) in [5.74, 6) is -1.24. The minimum Gasteiger partial charge on any atom is -0.305 e. The van der Waals surface area contributed by atoms with Crippen molar-refractivity contribution in [2.24, 2.45) is 0 Å². The molecule has 2 nitrogen and oxygen atoms in total. The molecule has 0 aromatic heterocycles. The molecule has 0 spiro atoms. The molecule has 0 fully saturated rings. The lowest BCUT2D eigenvalue weighted by Gasteiger charge is -2.35. The van der Waals surface area contributed by atoms with E-state index in [1.807, 2.05) is 6.92 Å². The minimum atomic E-state index is -0.538. The zero-order valence-electron chi connectivity index (χ0n) is 11.6. The first-order chi connectivity index (χ1) is 10.1. The molecule has 21 heavy (non-hydrogen) atoms. The van der Waals surface area contributed by atoms with Crippen molar-refractivity contribution in [2.45, 2.75) is 25.8 Å². The number of anilines is 1. The van der Waals surface area contributed by atoms with Crippen LogP contribution in [0, 0.1) is 11.6 Å². The Balaban J connectivity index is 2.06. The lowest BCUT2D eigenvalue weighted by Crippen LogP contribution is -2.42. The monoisotopic (exact) mass is 287 g/mol. The van der Waals surface area contributed by atoms with Crippen LogP contribution in [0.5, 0.6) is 0 Å². The summed E-state index contributed by atoms with van der Waals surface area (Å²) in [7, 11) is 0. The van der Waals surface area contributed by atoms with Gasteiger partial charge < -0.3 is 4.90 Å². The van der Waals surface area contributed by atoms with Gasteiger partial charge in [0.15, 0.2) is 0 Å². The van der Waals surface area contributed by atoms with E-state index in [0.29, 0.717) is 5.69 Å². The lowest BCUT2D eigenvalue weighted by molar-refractivity contribution is 0.0971. The van der Waals surface area contributed by atoms with Crippen molar-refractivity contribution in [3.63, 3.8) is 0 Å². The van der Waals surface area contributed by atoms with Crippen LogP contribution >= 0.6 is 0 Å².